The van der Waals surface area contributed by atoms with Crippen LogP contribution in [-0.4, -0.2) is 46.7 Å². The number of pyridine rings is 1. The summed E-state index contributed by atoms with van der Waals surface area (Å²) >= 11 is 5.80. The van der Waals surface area contributed by atoms with Gasteiger partial charge in [-0.3, -0.25) is 9.59 Å². The van der Waals surface area contributed by atoms with Crippen LogP contribution in [0.25, 0.3) is 0 Å². The lowest BCUT2D eigenvalue weighted by molar-refractivity contribution is 0.0623. The van der Waals surface area contributed by atoms with E-state index in [2.05, 4.69) is 73.6 Å². The molecular weight excluding hydrogens is 542 g/mol. The van der Waals surface area contributed by atoms with Crippen molar-refractivity contribution >= 4 is 40.3 Å². The van der Waals surface area contributed by atoms with Crippen molar-refractivity contribution in [2.45, 2.75) is 53.0 Å². The Morgan fingerprint density at radius 1 is 0.857 bits per heavy atom. The molecule has 1 aromatic heterocycles. The van der Waals surface area contributed by atoms with Crippen molar-refractivity contribution < 1.29 is 4.79 Å². The summed E-state index contributed by atoms with van der Waals surface area (Å²) in [5, 5.41) is 7.30. The standard InChI is InChI=1S/C34H41N5O2S/c1-21-10-22(2)13-28(12-21)35-34(42)36-29-15-26(33(41)38-16-23(3)11-24(4)17-38)8-9-31(29)37-18-25-14-27(20-37)30-6-5-7-32(40)39(30)19-25/h5-10,12-13,15,23-25,27H,11,14,16-20H2,1-4H3,(H2,35,36,42)/t23-,24-,25+,27-/m0/s1. The zero-order valence-electron chi connectivity index (χ0n) is 25.0. The Bertz CT molecular complexity index is 1550. The molecule has 2 bridgehead atoms. The van der Waals surface area contributed by atoms with Crippen molar-refractivity contribution in [3.05, 3.63) is 87.3 Å². The zero-order chi connectivity index (χ0) is 29.5. The van der Waals surface area contributed by atoms with Crippen molar-refractivity contribution in [3.8, 4) is 0 Å². The van der Waals surface area contributed by atoms with Crippen LogP contribution in [0.2, 0.25) is 0 Å². The average molecular weight is 584 g/mol. The third-order valence-corrected chi connectivity index (χ3v) is 9.15. The van der Waals surface area contributed by atoms with Crippen LogP contribution < -0.4 is 21.1 Å². The van der Waals surface area contributed by atoms with Gasteiger partial charge in [0, 0.05) is 61.7 Å². The summed E-state index contributed by atoms with van der Waals surface area (Å²) in [5.74, 6) is 1.71. The maximum Gasteiger partial charge on any atom is 0.253 e. The third kappa shape index (κ3) is 5.95. The molecule has 8 heteroatoms. The van der Waals surface area contributed by atoms with Gasteiger partial charge in [-0.2, -0.15) is 0 Å². The van der Waals surface area contributed by atoms with E-state index < -0.39 is 0 Å². The van der Waals surface area contributed by atoms with Crippen molar-refractivity contribution in [3.63, 3.8) is 0 Å². The number of aryl methyl sites for hydroxylation is 2. The number of fused-ring (bicyclic) bond motifs is 4. The van der Waals surface area contributed by atoms with Crippen LogP contribution in [0.15, 0.2) is 59.4 Å². The minimum Gasteiger partial charge on any atom is -0.369 e. The number of nitrogens with zero attached hydrogens (tertiary/aromatic N) is 3. The monoisotopic (exact) mass is 583 g/mol. The third-order valence-electron chi connectivity index (χ3n) is 8.95. The second-order valence-electron chi connectivity index (χ2n) is 12.9. The van der Waals surface area contributed by atoms with Crippen LogP contribution in [0.4, 0.5) is 17.1 Å². The molecule has 0 unspecified atom stereocenters. The molecule has 2 saturated heterocycles. The van der Waals surface area contributed by atoms with Crippen molar-refractivity contribution in [2.75, 3.05) is 41.7 Å². The largest absolute Gasteiger partial charge is 0.369 e. The number of hydrogen-bond donors (Lipinski definition) is 2. The smallest absolute Gasteiger partial charge is 0.253 e. The summed E-state index contributed by atoms with van der Waals surface area (Å²) in [6.45, 7) is 12.6. The molecule has 2 fully saturated rings. The van der Waals surface area contributed by atoms with Gasteiger partial charge in [-0.15, -0.1) is 0 Å². The molecule has 3 aliphatic heterocycles. The van der Waals surface area contributed by atoms with Gasteiger partial charge < -0.3 is 25.0 Å². The van der Waals surface area contributed by atoms with Crippen LogP contribution in [-0.2, 0) is 6.54 Å². The molecule has 2 N–H and O–H groups in total. The molecule has 0 spiro atoms. The van der Waals surface area contributed by atoms with Gasteiger partial charge in [0.1, 0.15) is 0 Å². The predicted molar refractivity (Wildman–Crippen MR) is 175 cm³/mol. The molecular formula is C34H41N5O2S. The van der Waals surface area contributed by atoms with E-state index in [-0.39, 0.29) is 17.4 Å². The summed E-state index contributed by atoms with van der Waals surface area (Å²) in [5.41, 5.74) is 6.99. The first-order chi connectivity index (χ1) is 20.1. The predicted octanol–water partition coefficient (Wildman–Crippen LogP) is 6.02. The molecule has 2 aromatic carbocycles. The van der Waals surface area contributed by atoms with E-state index in [1.807, 2.05) is 27.7 Å². The molecule has 4 heterocycles. The molecule has 6 rings (SSSR count). The quantitative estimate of drug-likeness (QED) is 0.367. The summed E-state index contributed by atoms with van der Waals surface area (Å²) < 4.78 is 1.96. The number of likely N-dealkylation sites (tertiary alicyclic amines) is 1. The first kappa shape index (κ1) is 28.5. The Kier molecular flexibility index (Phi) is 7.83. The lowest BCUT2D eigenvalue weighted by Crippen LogP contribution is -2.47. The van der Waals surface area contributed by atoms with Crippen molar-refractivity contribution in [2.24, 2.45) is 17.8 Å². The highest BCUT2D eigenvalue weighted by Crippen LogP contribution is 2.39. The number of benzene rings is 2. The average Bonchev–Trinajstić information content (AvgIpc) is 2.92. The number of anilines is 3. The molecule has 0 aliphatic carbocycles. The first-order valence-electron chi connectivity index (χ1n) is 15.2. The molecule has 0 radical (unpaired) electrons. The Hall–Kier alpha value is -3.65. The molecule has 1 amide bonds. The lowest BCUT2D eigenvalue weighted by Gasteiger charge is -2.44. The van der Waals surface area contributed by atoms with E-state index >= 15 is 0 Å². The topological polar surface area (TPSA) is 69.6 Å². The first-order valence-corrected chi connectivity index (χ1v) is 15.6. The SMILES string of the molecule is Cc1cc(C)cc(NC(=S)Nc2cc(C(=O)N3C[C@@H](C)C[C@H](C)C3)ccc2N2C[C@H]3C[C@@H](C2)c2cccc(=O)n2C3)c1. The molecule has 3 aliphatic rings. The minimum atomic E-state index is 0.0694. The van der Waals surface area contributed by atoms with Gasteiger partial charge in [-0.1, -0.05) is 26.0 Å². The summed E-state index contributed by atoms with van der Waals surface area (Å²) in [6.07, 6.45) is 2.23. The molecule has 42 heavy (non-hydrogen) atoms. The highest BCUT2D eigenvalue weighted by molar-refractivity contribution is 7.80. The Balaban J connectivity index is 1.31. The summed E-state index contributed by atoms with van der Waals surface area (Å²) in [6, 6.07) is 17.9. The molecule has 4 atom stereocenters. The summed E-state index contributed by atoms with van der Waals surface area (Å²) in [4.78, 5) is 30.7. The number of aromatic nitrogens is 1. The Labute approximate surface area is 253 Å². The van der Waals surface area contributed by atoms with Crippen LogP contribution in [0.3, 0.4) is 0 Å². The number of carbonyl (C=O) groups is 1. The number of hydrogen-bond acceptors (Lipinski definition) is 4. The fourth-order valence-electron chi connectivity index (χ4n) is 7.48. The number of piperidine rings is 2. The second-order valence-corrected chi connectivity index (χ2v) is 13.4. The maximum atomic E-state index is 13.7. The number of thiocarbonyl (C=S) groups is 1. The fraction of sp³-hybridized carbons (Fsp3) is 0.441. The fourth-order valence-corrected chi connectivity index (χ4v) is 7.71. The van der Waals surface area contributed by atoms with Gasteiger partial charge in [-0.25, -0.2) is 0 Å². The summed E-state index contributed by atoms with van der Waals surface area (Å²) in [7, 11) is 0. The highest BCUT2D eigenvalue weighted by Gasteiger charge is 2.35. The number of rotatable bonds is 4. The van der Waals surface area contributed by atoms with Crippen LogP contribution in [0.1, 0.15) is 59.8 Å². The maximum absolute atomic E-state index is 13.7. The van der Waals surface area contributed by atoms with Gasteiger partial charge in [0.25, 0.3) is 11.5 Å². The van der Waals surface area contributed by atoms with Gasteiger partial charge in [0.05, 0.1) is 11.4 Å². The zero-order valence-corrected chi connectivity index (χ0v) is 25.8. The van der Waals surface area contributed by atoms with Crippen molar-refractivity contribution in [1.29, 1.82) is 0 Å². The van der Waals surface area contributed by atoms with E-state index in [9.17, 15) is 9.59 Å². The van der Waals surface area contributed by atoms with E-state index in [0.717, 1.165) is 79.4 Å². The van der Waals surface area contributed by atoms with Gasteiger partial charge in [0.15, 0.2) is 5.11 Å². The number of amides is 1. The van der Waals surface area contributed by atoms with Crippen molar-refractivity contribution in [1.82, 2.24) is 9.47 Å². The molecule has 3 aromatic rings. The van der Waals surface area contributed by atoms with Crippen LogP contribution in [0, 0.1) is 31.6 Å². The van der Waals surface area contributed by atoms with Gasteiger partial charge >= 0.3 is 0 Å². The number of nitrogens with one attached hydrogen (secondary N) is 2. The van der Waals surface area contributed by atoms with E-state index in [1.54, 1.807) is 6.07 Å². The minimum absolute atomic E-state index is 0.0694. The Morgan fingerprint density at radius 3 is 2.33 bits per heavy atom. The highest BCUT2D eigenvalue weighted by atomic mass is 32.1. The van der Waals surface area contributed by atoms with E-state index in [4.69, 9.17) is 12.2 Å². The van der Waals surface area contributed by atoms with Gasteiger partial charge in [-0.05, 0) is 104 Å². The van der Waals surface area contributed by atoms with E-state index in [1.165, 1.54) is 0 Å². The second kappa shape index (κ2) is 11.6. The molecule has 7 nitrogen and oxygen atoms in total. The van der Waals surface area contributed by atoms with E-state index in [0.29, 0.717) is 28.4 Å². The van der Waals surface area contributed by atoms with Gasteiger partial charge in [0.2, 0.25) is 0 Å². The number of carbonyl (C=O) groups excluding carboxylic acids is 1. The molecule has 0 saturated carbocycles. The van der Waals surface area contributed by atoms with Crippen LogP contribution in [0.5, 0.6) is 0 Å². The normalized spacial score (nSPS) is 23.2. The lowest BCUT2D eigenvalue weighted by atomic mass is 9.83. The molecule has 220 valence electrons. The van der Waals surface area contributed by atoms with Crippen LogP contribution >= 0.6 is 12.2 Å². The Morgan fingerprint density at radius 2 is 1.60 bits per heavy atom.